The number of likely N-dealkylation sites (tertiary alicyclic amines) is 1. The molecule has 1 fully saturated rings. The van der Waals surface area contributed by atoms with Crippen LogP contribution >= 0.6 is 0 Å². The van der Waals surface area contributed by atoms with Gasteiger partial charge in [0.05, 0.1) is 6.54 Å². The quantitative estimate of drug-likeness (QED) is 0.810. The van der Waals surface area contributed by atoms with Crippen molar-refractivity contribution >= 4 is 17.6 Å². The van der Waals surface area contributed by atoms with Crippen LogP contribution in [0.3, 0.4) is 0 Å². The molecule has 21 heavy (non-hydrogen) atoms. The van der Waals surface area contributed by atoms with Crippen molar-refractivity contribution in [2.75, 3.05) is 38.0 Å². The highest BCUT2D eigenvalue weighted by atomic mass is 16.5. The number of carbonyl (C=O) groups is 2. The molecule has 2 heterocycles. The van der Waals surface area contributed by atoms with Gasteiger partial charge >= 0.3 is 0 Å². The zero-order valence-corrected chi connectivity index (χ0v) is 12.4. The van der Waals surface area contributed by atoms with Gasteiger partial charge in [0, 0.05) is 25.6 Å². The zero-order valence-electron chi connectivity index (χ0n) is 12.4. The summed E-state index contributed by atoms with van der Waals surface area (Å²) in [5, 5.41) is 6.23. The van der Waals surface area contributed by atoms with Gasteiger partial charge in [0.2, 0.25) is 11.8 Å². The average Bonchev–Trinajstić information content (AvgIpc) is 3.15. The Bertz CT molecular complexity index is 455. The van der Waals surface area contributed by atoms with Crippen molar-refractivity contribution in [3.05, 3.63) is 12.3 Å². The smallest absolute Gasteiger partial charge is 0.245 e. The molecule has 7 heteroatoms. The number of carbonyl (C=O) groups excluding carboxylic acids is 2. The third-order valence-corrected chi connectivity index (χ3v) is 3.58. The summed E-state index contributed by atoms with van der Waals surface area (Å²) in [6.07, 6.45) is 4.22. The summed E-state index contributed by atoms with van der Waals surface area (Å²) >= 11 is 0. The van der Waals surface area contributed by atoms with Crippen LogP contribution in [0, 0.1) is 0 Å². The Morgan fingerprint density at radius 2 is 2.19 bits per heavy atom. The van der Waals surface area contributed by atoms with Crippen molar-refractivity contribution in [1.82, 2.24) is 15.0 Å². The average molecular weight is 294 g/mol. The van der Waals surface area contributed by atoms with Crippen LogP contribution in [-0.4, -0.2) is 59.5 Å². The Morgan fingerprint density at radius 3 is 2.81 bits per heavy atom. The third kappa shape index (κ3) is 4.86. The van der Waals surface area contributed by atoms with E-state index in [2.05, 4.69) is 19.9 Å². The van der Waals surface area contributed by atoms with Crippen LogP contribution in [0.5, 0.6) is 0 Å². The van der Waals surface area contributed by atoms with E-state index in [1.807, 2.05) is 0 Å². The van der Waals surface area contributed by atoms with E-state index in [-0.39, 0.29) is 18.4 Å². The van der Waals surface area contributed by atoms with Gasteiger partial charge in [-0.3, -0.25) is 9.59 Å². The maximum absolute atomic E-state index is 11.9. The predicted molar refractivity (Wildman–Crippen MR) is 77.7 cm³/mol. The zero-order chi connectivity index (χ0) is 15.1. The van der Waals surface area contributed by atoms with Crippen LogP contribution in [0.1, 0.15) is 26.2 Å². The molecule has 1 aliphatic heterocycles. The standard InChI is InChI=1S/C14H22N4O3/c1-2-14(20)18(9-8-17-6-3-4-7-17)11-13(19)15-12-5-10-21-16-12/h5,10H,2-4,6-9,11H2,1H3,(H,15,16,19). The van der Waals surface area contributed by atoms with E-state index in [4.69, 9.17) is 0 Å². The Kier molecular flexibility index (Phi) is 5.74. The minimum absolute atomic E-state index is 0.00972. The van der Waals surface area contributed by atoms with Crippen molar-refractivity contribution < 1.29 is 14.1 Å². The van der Waals surface area contributed by atoms with E-state index in [9.17, 15) is 9.59 Å². The topological polar surface area (TPSA) is 78.7 Å². The summed E-state index contributed by atoms with van der Waals surface area (Å²) < 4.78 is 4.65. The lowest BCUT2D eigenvalue weighted by atomic mass is 10.3. The van der Waals surface area contributed by atoms with Crippen molar-refractivity contribution in [3.8, 4) is 0 Å². The normalized spacial score (nSPS) is 15.1. The molecule has 1 saturated heterocycles. The van der Waals surface area contributed by atoms with Crippen LogP contribution in [0.25, 0.3) is 0 Å². The number of nitrogens with zero attached hydrogens (tertiary/aromatic N) is 3. The van der Waals surface area contributed by atoms with Crippen LogP contribution in [0.4, 0.5) is 5.82 Å². The van der Waals surface area contributed by atoms with Crippen molar-refractivity contribution in [3.63, 3.8) is 0 Å². The Morgan fingerprint density at radius 1 is 1.43 bits per heavy atom. The SMILES string of the molecule is CCC(=O)N(CCN1CCCC1)CC(=O)Nc1ccon1. The molecule has 0 aromatic carbocycles. The molecule has 0 spiro atoms. The molecular formula is C14H22N4O3. The molecule has 0 aliphatic carbocycles. The van der Waals surface area contributed by atoms with Gasteiger partial charge in [-0.25, -0.2) is 0 Å². The van der Waals surface area contributed by atoms with E-state index in [0.717, 1.165) is 19.6 Å². The molecule has 1 aromatic rings. The number of rotatable bonds is 7. The Labute approximate surface area is 124 Å². The molecule has 116 valence electrons. The molecule has 0 radical (unpaired) electrons. The number of amides is 2. The molecule has 7 nitrogen and oxygen atoms in total. The van der Waals surface area contributed by atoms with Gasteiger partial charge in [0.25, 0.3) is 0 Å². The monoisotopic (exact) mass is 294 g/mol. The molecular weight excluding hydrogens is 272 g/mol. The van der Waals surface area contributed by atoms with Gasteiger partial charge in [-0.15, -0.1) is 0 Å². The second kappa shape index (κ2) is 7.78. The fourth-order valence-electron chi connectivity index (χ4n) is 2.42. The predicted octanol–water partition coefficient (Wildman–Crippen LogP) is 0.947. The lowest BCUT2D eigenvalue weighted by Crippen LogP contribution is -2.42. The van der Waals surface area contributed by atoms with E-state index in [1.54, 1.807) is 17.9 Å². The first-order valence-electron chi connectivity index (χ1n) is 7.39. The highest BCUT2D eigenvalue weighted by Crippen LogP contribution is 2.07. The van der Waals surface area contributed by atoms with Gasteiger partial charge < -0.3 is 19.6 Å². The number of hydrogen-bond acceptors (Lipinski definition) is 5. The lowest BCUT2D eigenvalue weighted by molar-refractivity contribution is -0.134. The van der Waals surface area contributed by atoms with Gasteiger partial charge in [-0.05, 0) is 25.9 Å². The van der Waals surface area contributed by atoms with E-state index in [1.165, 1.54) is 19.1 Å². The molecule has 1 aromatic heterocycles. The van der Waals surface area contributed by atoms with Crippen molar-refractivity contribution in [2.24, 2.45) is 0 Å². The van der Waals surface area contributed by atoms with Crippen molar-refractivity contribution in [2.45, 2.75) is 26.2 Å². The minimum atomic E-state index is -0.257. The molecule has 1 N–H and O–H groups in total. The lowest BCUT2D eigenvalue weighted by Gasteiger charge is -2.24. The van der Waals surface area contributed by atoms with E-state index >= 15 is 0 Å². The molecule has 0 saturated carbocycles. The number of aromatic nitrogens is 1. The fraction of sp³-hybridized carbons (Fsp3) is 0.643. The largest absolute Gasteiger partial charge is 0.363 e. The molecule has 0 bridgehead atoms. The summed E-state index contributed by atoms with van der Waals surface area (Å²) in [7, 11) is 0. The summed E-state index contributed by atoms with van der Waals surface area (Å²) in [5.74, 6) is 0.0973. The second-order valence-electron chi connectivity index (χ2n) is 5.15. The van der Waals surface area contributed by atoms with Crippen molar-refractivity contribution in [1.29, 1.82) is 0 Å². The van der Waals surface area contributed by atoms with E-state index in [0.29, 0.717) is 18.8 Å². The van der Waals surface area contributed by atoms with Gasteiger partial charge in [-0.2, -0.15) is 0 Å². The first-order chi connectivity index (χ1) is 10.2. The van der Waals surface area contributed by atoms with E-state index < -0.39 is 0 Å². The Balaban J connectivity index is 1.83. The highest BCUT2D eigenvalue weighted by Gasteiger charge is 2.18. The Hall–Kier alpha value is -1.89. The maximum Gasteiger partial charge on any atom is 0.245 e. The summed E-state index contributed by atoms with van der Waals surface area (Å²) in [6.45, 7) is 5.43. The molecule has 2 rings (SSSR count). The molecule has 1 aliphatic rings. The maximum atomic E-state index is 11.9. The third-order valence-electron chi connectivity index (χ3n) is 3.58. The number of hydrogen-bond donors (Lipinski definition) is 1. The second-order valence-corrected chi connectivity index (χ2v) is 5.15. The molecule has 0 atom stereocenters. The van der Waals surface area contributed by atoms with Crippen LogP contribution < -0.4 is 5.32 Å². The molecule has 2 amide bonds. The summed E-state index contributed by atoms with van der Waals surface area (Å²) in [4.78, 5) is 27.8. The fourth-order valence-corrected chi connectivity index (χ4v) is 2.42. The van der Waals surface area contributed by atoms with Crippen LogP contribution in [0.15, 0.2) is 16.9 Å². The first-order valence-corrected chi connectivity index (χ1v) is 7.39. The summed E-state index contributed by atoms with van der Waals surface area (Å²) in [5.41, 5.74) is 0. The van der Waals surface area contributed by atoms with Crippen LogP contribution in [0.2, 0.25) is 0 Å². The minimum Gasteiger partial charge on any atom is -0.363 e. The highest BCUT2D eigenvalue weighted by molar-refractivity contribution is 5.93. The number of anilines is 1. The van der Waals surface area contributed by atoms with Crippen LogP contribution in [-0.2, 0) is 9.59 Å². The summed E-state index contributed by atoms with van der Waals surface area (Å²) in [6, 6.07) is 1.56. The van der Waals surface area contributed by atoms with Gasteiger partial charge in [0.15, 0.2) is 5.82 Å². The first kappa shape index (κ1) is 15.5. The van der Waals surface area contributed by atoms with Gasteiger partial charge in [0.1, 0.15) is 6.26 Å². The number of nitrogens with one attached hydrogen (secondary N) is 1. The van der Waals surface area contributed by atoms with Gasteiger partial charge in [-0.1, -0.05) is 12.1 Å². The molecule has 0 unspecified atom stereocenters.